The van der Waals surface area contributed by atoms with Crippen molar-refractivity contribution in [1.82, 2.24) is 0 Å². The third-order valence-electron chi connectivity index (χ3n) is 1.12. The van der Waals surface area contributed by atoms with Crippen molar-refractivity contribution in [2.45, 2.75) is 33.2 Å². The lowest BCUT2D eigenvalue weighted by Crippen LogP contribution is -2.01. The van der Waals surface area contributed by atoms with Crippen molar-refractivity contribution in [2.24, 2.45) is 10.9 Å². The lowest BCUT2D eigenvalue weighted by Gasteiger charge is -2.06. The Hall–Kier alpha value is -0.330. The molecule has 0 aliphatic carbocycles. The Bertz CT molecular complexity index is 66.8. The fourth-order valence-corrected chi connectivity index (χ4v) is 0.757. The number of hydrogen-bond acceptors (Lipinski definition) is 1. The number of hydrogen-bond donors (Lipinski definition) is 0. The molecule has 0 amide bonds. The zero-order valence-corrected chi connectivity index (χ0v) is 6.02. The summed E-state index contributed by atoms with van der Waals surface area (Å²) >= 11 is 0. The maximum atomic E-state index is 3.88. The van der Waals surface area contributed by atoms with Gasteiger partial charge in [0.15, 0.2) is 0 Å². The van der Waals surface area contributed by atoms with E-state index in [1.807, 2.05) is 0 Å². The Morgan fingerprint density at radius 3 is 2.00 bits per heavy atom. The van der Waals surface area contributed by atoms with Crippen molar-refractivity contribution in [3.05, 3.63) is 0 Å². The average molecular weight is 113 g/mol. The van der Waals surface area contributed by atoms with Crippen LogP contribution >= 0.6 is 0 Å². The largest absolute Gasteiger partial charge is 0.298 e. The molecule has 8 heavy (non-hydrogen) atoms. The van der Waals surface area contributed by atoms with E-state index >= 15 is 0 Å². The van der Waals surface area contributed by atoms with Gasteiger partial charge in [-0.05, 0) is 26.0 Å². The molecule has 48 valence electrons. The molecule has 0 N–H and O–H groups in total. The molecular formula is C7H15N. The minimum Gasteiger partial charge on any atom is -0.298 e. The molecule has 0 aliphatic rings. The molecule has 0 heterocycles. The molecule has 0 saturated heterocycles. The van der Waals surface area contributed by atoms with Gasteiger partial charge in [0.25, 0.3) is 0 Å². The highest BCUT2D eigenvalue weighted by molar-refractivity contribution is 5.23. The first-order valence-corrected chi connectivity index (χ1v) is 3.12. The van der Waals surface area contributed by atoms with Gasteiger partial charge in [-0.15, -0.1) is 0 Å². The van der Waals surface area contributed by atoms with Crippen LogP contribution in [-0.2, 0) is 0 Å². The van der Waals surface area contributed by atoms with Crippen LogP contribution in [-0.4, -0.2) is 12.8 Å². The van der Waals surface area contributed by atoms with Gasteiger partial charge in [0.1, 0.15) is 0 Å². The van der Waals surface area contributed by atoms with E-state index in [2.05, 4.69) is 32.5 Å². The molecule has 0 rings (SSSR count). The predicted molar refractivity (Wildman–Crippen MR) is 38.5 cm³/mol. The summed E-state index contributed by atoms with van der Waals surface area (Å²) in [5, 5.41) is 0. The van der Waals surface area contributed by atoms with Crippen LogP contribution < -0.4 is 0 Å². The van der Waals surface area contributed by atoms with Crippen molar-refractivity contribution < 1.29 is 0 Å². The van der Waals surface area contributed by atoms with E-state index < -0.39 is 0 Å². The van der Waals surface area contributed by atoms with Crippen LogP contribution in [0, 0.1) is 5.92 Å². The molecule has 1 unspecified atom stereocenters. The number of rotatable bonds is 3. The third kappa shape index (κ3) is 3.85. The predicted octanol–water partition coefficient (Wildman–Crippen LogP) is 2.12. The fraction of sp³-hybridized carbons (Fsp3) is 0.857. The molecule has 0 fully saturated rings. The summed E-state index contributed by atoms with van der Waals surface area (Å²) in [5.74, 6) is 0.746. The van der Waals surface area contributed by atoms with E-state index in [9.17, 15) is 0 Å². The Balaban J connectivity index is 3.23. The van der Waals surface area contributed by atoms with E-state index in [1.165, 1.54) is 0 Å². The lowest BCUT2D eigenvalue weighted by atomic mass is 10.1. The second kappa shape index (κ2) is 3.65. The van der Waals surface area contributed by atoms with Crippen molar-refractivity contribution in [3.63, 3.8) is 0 Å². The highest BCUT2D eigenvalue weighted by Gasteiger charge is 1.98. The van der Waals surface area contributed by atoms with Gasteiger partial charge in [0.2, 0.25) is 0 Å². The molecule has 0 spiro atoms. The molecule has 0 saturated carbocycles. The second-order valence-electron chi connectivity index (χ2n) is 2.66. The third-order valence-corrected chi connectivity index (χ3v) is 1.12. The van der Waals surface area contributed by atoms with Crippen molar-refractivity contribution in [3.8, 4) is 0 Å². The molecule has 0 radical (unpaired) electrons. The van der Waals surface area contributed by atoms with Crippen LogP contribution in [0.1, 0.15) is 27.2 Å². The standard InChI is InChI=1S/C7H15N/c1-6(2)5-7(3)8-4/h6-7H,4-5H2,1-3H3. The Kier molecular flexibility index (Phi) is 3.49. The summed E-state index contributed by atoms with van der Waals surface area (Å²) in [5.41, 5.74) is 0. The summed E-state index contributed by atoms with van der Waals surface area (Å²) in [6, 6.07) is 0.440. The van der Waals surface area contributed by atoms with Gasteiger partial charge in [0.05, 0.1) is 0 Å². The quantitative estimate of drug-likeness (QED) is 0.497. The molecule has 0 bridgehead atoms. The first kappa shape index (κ1) is 7.67. The van der Waals surface area contributed by atoms with Crippen LogP contribution in [0.4, 0.5) is 0 Å². The molecular weight excluding hydrogens is 98.1 g/mol. The first-order chi connectivity index (χ1) is 3.66. The van der Waals surface area contributed by atoms with Gasteiger partial charge in [0, 0.05) is 6.04 Å². The van der Waals surface area contributed by atoms with Crippen LogP contribution in [0.5, 0.6) is 0 Å². The van der Waals surface area contributed by atoms with Crippen LogP contribution in [0.15, 0.2) is 4.99 Å². The van der Waals surface area contributed by atoms with E-state index in [4.69, 9.17) is 0 Å². The molecule has 0 aromatic rings. The highest BCUT2D eigenvalue weighted by Crippen LogP contribution is 2.05. The SMILES string of the molecule is C=NC(C)CC(C)C. The minimum atomic E-state index is 0.440. The maximum Gasteiger partial charge on any atom is 0.0466 e. The molecule has 1 nitrogen and oxygen atoms in total. The van der Waals surface area contributed by atoms with Gasteiger partial charge >= 0.3 is 0 Å². The molecule has 0 aromatic carbocycles. The van der Waals surface area contributed by atoms with Gasteiger partial charge in [-0.1, -0.05) is 13.8 Å². The van der Waals surface area contributed by atoms with Gasteiger partial charge < -0.3 is 0 Å². The van der Waals surface area contributed by atoms with Crippen molar-refractivity contribution in [1.29, 1.82) is 0 Å². The van der Waals surface area contributed by atoms with Crippen LogP contribution in [0.3, 0.4) is 0 Å². The Labute approximate surface area is 51.8 Å². The highest BCUT2D eigenvalue weighted by atomic mass is 14.7. The molecule has 1 heteroatoms. The monoisotopic (exact) mass is 113 g/mol. The summed E-state index contributed by atoms with van der Waals surface area (Å²) in [6.07, 6.45) is 1.16. The lowest BCUT2D eigenvalue weighted by molar-refractivity contribution is 0.523. The smallest absolute Gasteiger partial charge is 0.0466 e. The maximum absolute atomic E-state index is 3.88. The zero-order valence-electron chi connectivity index (χ0n) is 6.02. The van der Waals surface area contributed by atoms with Gasteiger partial charge in [-0.2, -0.15) is 0 Å². The summed E-state index contributed by atoms with van der Waals surface area (Å²) in [4.78, 5) is 3.88. The van der Waals surface area contributed by atoms with Crippen molar-refractivity contribution in [2.75, 3.05) is 0 Å². The van der Waals surface area contributed by atoms with Gasteiger partial charge in [-0.25, -0.2) is 0 Å². The average Bonchev–Trinajstić information content (AvgIpc) is 1.65. The van der Waals surface area contributed by atoms with Crippen LogP contribution in [0.2, 0.25) is 0 Å². The fourth-order valence-electron chi connectivity index (χ4n) is 0.757. The topological polar surface area (TPSA) is 12.4 Å². The van der Waals surface area contributed by atoms with Gasteiger partial charge in [-0.3, -0.25) is 4.99 Å². The molecule has 0 aliphatic heterocycles. The summed E-state index contributed by atoms with van der Waals surface area (Å²) < 4.78 is 0. The number of aliphatic imine (C=N–C) groups is 1. The van der Waals surface area contributed by atoms with Crippen LogP contribution in [0.25, 0.3) is 0 Å². The Morgan fingerprint density at radius 2 is 1.88 bits per heavy atom. The number of nitrogens with zero attached hydrogens (tertiary/aromatic N) is 1. The first-order valence-electron chi connectivity index (χ1n) is 3.12. The van der Waals surface area contributed by atoms with Crippen molar-refractivity contribution >= 4 is 6.72 Å². The summed E-state index contributed by atoms with van der Waals surface area (Å²) in [7, 11) is 0. The Morgan fingerprint density at radius 1 is 1.38 bits per heavy atom. The molecule has 1 atom stereocenters. The minimum absolute atomic E-state index is 0.440. The van der Waals surface area contributed by atoms with E-state index in [-0.39, 0.29) is 0 Å². The van der Waals surface area contributed by atoms with E-state index in [1.54, 1.807) is 0 Å². The summed E-state index contributed by atoms with van der Waals surface area (Å²) in [6.45, 7) is 9.95. The normalized spacial score (nSPS) is 14.0. The molecule has 0 aromatic heterocycles. The zero-order chi connectivity index (χ0) is 6.57. The van der Waals surface area contributed by atoms with E-state index in [0.29, 0.717) is 6.04 Å². The second-order valence-corrected chi connectivity index (χ2v) is 2.66. The van der Waals surface area contributed by atoms with E-state index in [0.717, 1.165) is 12.3 Å².